The number of aromatic nitrogens is 1. The second kappa shape index (κ2) is 6.51. The molecule has 1 heterocycles. The highest BCUT2D eigenvalue weighted by molar-refractivity contribution is 5.81. The summed E-state index contributed by atoms with van der Waals surface area (Å²) in [5.74, 6) is 0. The van der Waals surface area contributed by atoms with Gasteiger partial charge < -0.3 is 4.74 Å². The van der Waals surface area contributed by atoms with Crippen LogP contribution in [0, 0.1) is 0 Å². The number of carbonyl (C=O) groups is 1. The molecule has 7 heteroatoms. The minimum atomic E-state index is -4.62. The summed E-state index contributed by atoms with van der Waals surface area (Å²) in [5, 5.41) is 0. The van der Waals surface area contributed by atoms with Crippen molar-refractivity contribution in [2.45, 2.75) is 32.5 Å². The van der Waals surface area contributed by atoms with E-state index in [2.05, 4.69) is 4.99 Å². The first-order valence-corrected chi connectivity index (χ1v) is 7.10. The number of hydrogen-bond donors (Lipinski definition) is 0. The number of halogens is 3. The number of nitrogens with zero attached hydrogens (tertiary/aromatic N) is 2. The van der Waals surface area contributed by atoms with Gasteiger partial charge in [-0.05, 0) is 32.9 Å². The van der Waals surface area contributed by atoms with Gasteiger partial charge in [0.25, 0.3) is 0 Å². The molecule has 0 unspecified atom stereocenters. The van der Waals surface area contributed by atoms with Gasteiger partial charge in [-0.25, -0.2) is 9.79 Å². The van der Waals surface area contributed by atoms with Crippen LogP contribution in [-0.4, -0.2) is 28.7 Å². The normalized spacial score (nSPS) is 12.6. The van der Waals surface area contributed by atoms with Crippen LogP contribution in [0.3, 0.4) is 0 Å². The summed E-state index contributed by atoms with van der Waals surface area (Å²) in [5.41, 5.74) is 0.461. The molecule has 0 bridgehead atoms. The molecule has 0 spiro atoms. The average Bonchev–Trinajstić information content (AvgIpc) is 2.92. The highest BCUT2D eigenvalue weighted by atomic mass is 19.4. The zero-order valence-electron chi connectivity index (χ0n) is 13.4. The number of alkyl halides is 3. The Balaban J connectivity index is 2.31. The van der Waals surface area contributed by atoms with Gasteiger partial charge in [0.05, 0.1) is 5.69 Å². The maximum absolute atomic E-state index is 12.3. The molecule has 1 aromatic heterocycles. The SMILES string of the molecule is CC(C)(C)OC(=O)n1ccc(-c2ccccc2N=[C]C(F)(F)F)c1. The molecular weight excluding hydrogens is 321 g/mol. The number of ether oxygens (including phenoxy) is 1. The van der Waals surface area contributed by atoms with Gasteiger partial charge in [0.1, 0.15) is 5.60 Å². The highest BCUT2D eigenvalue weighted by Gasteiger charge is 2.25. The van der Waals surface area contributed by atoms with E-state index in [0.717, 1.165) is 6.21 Å². The Hall–Kier alpha value is -2.57. The fourth-order valence-corrected chi connectivity index (χ4v) is 1.92. The minimum absolute atomic E-state index is 0.108. The zero-order chi connectivity index (χ0) is 18.0. The van der Waals surface area contributed by atoms with Crippen molar-refractivity contribution in [1.82, 2.24) is 4.57 Å². The first kappa shape index (κ1) is 17.8. The van der Waals surface area contributed by atoms with Crippen molar-refractivity contribution >= 4 is 18.0 Å². The molecule has 1 radical (unpaired) electrons. The molecule has 0 aliphatic rings. The van der Waals surface area contributed by atoms with Crippen LogP contribution < -0.4 is 0 Å². The maximum atomic E-state index is 12.3. The first-order chi connectivity index (χ1) is 11.1. The van der Waals surface area contributed by atoms with Crippen LogP contribution in [0.2, 0.25) is 0 Å². The van der Waals surface area contributed by atoms with Crippen LogP contribution in [0.5, 0.6) is 0 Å². The van der Waals surface area contributed by atoms with Gasteiger partial charge >= 0.3 is 12.3 Å². The van der Waals surface area contributed by atoms with Crippen molar-refractivity contribution in [3.8, 4) is 11.1 Å². The zero-order valence-corrected chi connectivity index (χ0v) is 13.4. The van der Waals surface area contributed by atoms with Gasteiger partial charge in [0.15, 0.2) is 6.21 Å². The molecular formula is C17H16F3N2O2. The number of hydrogen-bond acceptors (Lipinski definition) is 3. The van der Waals surface area contributed by atoms with E-state index in [-0.39, 0.29) is 5.69 Å². The number of aliphatic imine (C=N–C) groups is 1. The van der Waals surface area contributed by atoms with Gasteiger partial charge in [0.2, 0.25) is 0 Å². The van der Waals surface area contributed by atoms with Crippen LogP contribution in [-0.2, 0) is 4.74 Å². The third kappa shape index (κ3) is 4.97. The molecule has 1 aromatic carbocycles. The molecule has 0 fully saturated rings. The van der Waals surface area contributed by atoms with E-state index in [0.29, 0.717) is 11.1 Å². The Bertz CT molecular complexity index is 756. The lowest BCUT2D eigenvalue weighted by Gasteiger charge is -2.19. The Labute approximate surface area is 137 Å². The summed E-state index contributed by atoms with van der Waals surface area (Å²) >= 11 is 0. The average molecular weight is 337 g/mol. The third-order valence-corrected chi connectivity index (χ3v) is 2.82. The summed E-state index contributed by atoms with van der Waals surface area (Å²) in [7, 11) is 0. The summed E-state index contributed by atoms with van der Waals surface area (Å²) in [6, 6.07) is 7.91. The third-order valence-electron chi connectivity index (χ3n) is 2.82. The molecule has 127 valence electrons. The van der Waals surface area contributed by atoms with Crippen molar-refractivity contribution in [3.63, 3.8) is 0 Å². The monoisotopic (exact) mass is 337 g/mol. The molecule has 0 N–H and O–H groups in total. The minimum Gasteiger partial charge on any atom is -0.443 e. The fraction of sp³-hybridized carbons (Fsp3) is 0.294. The van der Waals surface area contributed by atoms with E-state index in [9.17, 15) is 18.0 Å². The van der Waals surface area contributed by atoms with Crippen molar-refractivity contribution in [1.29, 1.82) is 0 Å². The second-order valence-corrected chi connectivity index (χ2v) is 6.03. The Morgan fingerprint density at radius 2 is 1.83 bits per heavy atom. The van der Waals surface area contributed by atoms with Gasteiger partial charge in [-0.2, -0.15) is 13.2 Å². The lowest BCUT2D eigenvalue weighted by molar-refractivity contribution is -0.0535. The number of benzene rings is 1. The van der Waals surface area contributed by atoms with Crippen LogP contribution in [0.4, 0.5) is 23.7 Å². The van der Waals surface area contributed by atoms with Crippen LogP contribution >= 0.6 is 0 Å². The van der Waals surface area contributed by atoms with E-state index in [1.54, 1.807) is 45.0 Å². The predicted molar refractivity (Wildman–Crippen MR) is 84.7 cm³/mol. The lowest BCUT2D eigenvalue weighted by Crippen LogP contribution is -2.26. The Morgan fingerprint density at radius 3 is 2.46 bits per heavy atom. The molecule has 4 nitrogen and oxygen atoms in total. The molecule has 0 atom stereocenters. The quantitative estimate of drug-likeness (QED) is 0.717. The standard InChI is InChI=1S/C17H16F3N2O2/c1-16(2,3)24-15(23)22-9-8-12(10-22)13-6-4-5-7-14(13)21-11-17(18,19)20/h4-10H,1-3H3. The van der Waals surface area contributed by atoms with E-state index < -0.39 is 17.9 Å². The predicted octanol–water partition coefficient (Wildman–Crippen LogP) is 5.08. The highest BCUT2D eigenvalue weighted by Crippen LogP contribution is 2.31. The number of para-hydroxylation sites is 1. The van der Waals surface area contributed by atoms with Gasteiger partial charge in [-0.3, -0.25) is 4.57 Å². The molecule has 0 aliphatic heterocycles. The van der Waals surface area contributed by atoms with Crippen LogP contribution in [0.25, 0.3) is 11.1 Å². The summed E-state index contributed by atoms with van der Waals surface area (Å²) in [6.07, 6.45) is -1.09. The summed E-state index contributed by atoms with van der Waals surface area (Å²) < 4.78 is 43.3. The van der Waals surface area contributed by atoms with Crippen molar-refractivity contribution in [3.05, 3.63) is 42.7 Å². The van der Waals surface area contributed by atoms with Gasteiger partial charge in [-0.1, -0.05) is 18.2 Å². The molecule has 0 saturated heterocycles. The summed E-state index contributed by atoms with van der Waals surface area (Å²) in [4.78, 5) is 15.4. The number of rotatable bonds is 2. The van der Waals surface area contributed by atoms with Crippen LogP contribution in [0.15, 0.2) is 47.7 Å². The second-order valence-electron chi connectivity index (χ2n) is 6.03. The van der Waals surface area contributed by atoms with E-state index in [1.165, 1.54) is 23.0 Å². The van der Waals surface area contributed by atoms with E-state index in [4.69, 9.17) is 4.74 Å². The molecule has 0 amide bonds. The largest absolute Gasteiger partial charge is 0.443 e. The Kier molecular flexibility index (Phi) is 4.82. The van der Waals surface area contributed by atoms with Crippen LogP contribution in [0.1, 0.15) is 20.8 Å². The van der Waals surface area contributed by atoms with E-state index in [1.807, 2.05) is 0 Å². The topological polar surface area (TPSA) is 43.6 Å². The smallest absolute Gasteiger partial charge is 0.435 e. The van der Waals surface area contributed by atoms with Gasteiger partial charge in [0, 0.05) is 23.5 Å². The first-order valence-electron chi connectivity index (χ1n) is 7.10. The molecule has 2 rings (SSSR count). The Morgan fingerprint density at radius 1 is 1.17 bits per heavy atom. The fourth-order valence-electron chi connectivity index (χ4n) is 1.92. The molecule has 0 saturated carbocycles. The van der Waals surface area contributed by atoms with E-state index >= 15 is 0 Å². The molecule has 2 aromatic rings. The lowest BCUT2D eigenvalue weighted by atomic mass is 10.1. The summed E-state index contributed by atoms with van der Waals surface area (Å²) in [6.45, 7) is 5.23. The van der Waals surface area contributed by atoms with Crippen molar-refractivity contribution in [2.75, 3.05) is 0 Å². The molecule has 24 heavy (non-hydrogen) atoms. The molecule has 0 aliphatic carbocycles. The maximum Gasteiger partial charge on any atom is 0.435 e. The van der Waals surface area contributed by atoms with Crippen molar-refractivity contribution < 1.29 is 22.7 Å². The van der Waals surface area contributed by atoms with Gasteiger partial charge in [-0.15, -0.1) is 0 Å². The number of carbonyl (C=O) groups excluding carboxylic acids is 1. The van der Waals surface area contributed by atoms with Crippen molar-refractivity contribution in [2.24, 2.45) is 4.99 Å².